The highest BCUT2D eigenvalue weighted by molar-refractivity contribution is 6.03. The first kappa shape index (κ1) is 14.5. The fourth-order valence-corrected chi connectivity index (χ4v) is 1.60. The van der Waals surface area contributed by atoms with Crippen LogP contribution in [0.3, 0.4) is 0 Å². The molecule has 0 aliphatic rings. The number of nitrogens with zero attached hydrogens (tertiary/aromatic N) is 4. The summed E-state index contributed by atoms with van der Waals surface area (Å²) in [5, 5.41) is 13.7. The molecular formula is C13H14N6O2. The van der Waals surface area contributed by atoms with Crippen molar-refractivity contribution in [1.82, 2.24) is 20.2 Å². The molecule has 2 aromatic rings. The molecule has 8 nitrogen and oxygen atoms in total. The van der Waals surface area contributed by atoms with E-state index in [1.165, 1.54) is 11.9 Å². The van der Waals surface area contributed by atoms with Crippen molar-refractivity contribution >= 4 is 11.9 Å². The third kappa shape index (κ3) is 3.55. The van der Waals surface area contributed by atoms with Gasteiger partial charge in [-0.1, -0.05) is 16.9 Å². The number of anilines is 1. The third-order valence-corrected chi connectivity index (χ3v) is 2.52. The number of aryl methyl sites for hydroxylation is 1. The van der Waals surface area contributed by atoms with Crippen molar-refractivity contribution in [3.8, 4) is 17.6 Å². The summed E-state index contributed by atoms with van der Waals surface area (Å²) in [6.07, 6.45) is 0. The molecule has 0 radical (unpaired) electrons. The van der Waals surface area contributed by atoms with Gasteiger partial charge in [-0.05, 0) is 23.4 Å². The minimum absolute atomic E-state index is 0.132. The first-order valence-electron chi connectivity index (χ1n) is 6.06. The van der Waals surface area contributed by atoms with Gasteiger partial charge in [0.25, 0.3) is 11.9 Å². The van der Waals surface area contributed by atoms with E-state index < -0.39 is 0 Å². The SMILES string of the molecule is COc1ccc(C(=O)Nc2nnn(C)n2)cc1C#CCN. The lowest BCUT2D eigenvalue weighted by Gasteiger charge is -2.06. The van der Waals surface area contributed by atoms with Gasteiger partial charge in [0.15, 0.2) is 0 Å². The summed E-state index contributed by atoms with van der Waals surface area (Å²) in [7, 11) is 3.14. The van der Waals surface area contributed by atoms with Crippen LogP contribution in [0.15, 0.2) is 18.2 Å². The Morgan fingerprint density at radius 3 is 2.95 bits per heavy atom. The Balaban J connectivity index is 2.24. The van der Waals surface area contributed by atoms with Crippen molar-refractivity contribution < 1.29 is 9.53 Å². The molecule has 108 valence electrons. The second kappa shape index (κ2) is 6.49. The summed E-state index contributed by atoms with van der Waals surface area (Å²) in [6, 6.07) is 4.91. The van der Waals surface area contributed by atoms with E-state index in [1.807, 2.05) is 0 Å². The van der Waals surface area contributed by atoms with Gasteiger partial charge in [0, 0.05) is 5.56 Å². The summed E-state index contributed by atoms with van der Waals surface area (Å²) in [6.45, 7) is 0.225. The Kier molecular flexibility index (Phi) is 4.48. The molecule has 2 rings (SSSR count). The molecule has 0 unspecified atom stereocenters. The van der Waals surface area contributed by atoms with Crippen LogP contribution in [-0.4, -0.2) is 39.8 Å². The molecular weight excluding hydrogens is 272 g/mol. The van der Waals surface area contributed by atoms with E-state index in [-0.39, 0.29) is 18.4 Å². The zero-order valence-electron chi connectivity index (χ0n) is 11.6. The van der Waals surface area contributed by atoms with E-state index in [2.05, 4.69) is 32.6 Å². The lowest BCUT2D eigenvalue weighted by Crippen LogP contribution is -2.13. The van der Waals surface area contributed by atoms with Crippen LogP contribution in [0.5, 0.6) is 5.75 Å². The number of aromatic nitrogens is 4. The van der Waals surface area contributed by atoms with Crippen molar-refractivity contribution in [3.05, 3.63) is 29.3 Å². The molecule has 8 heteroatoms. The summed E-state index contributed by atoms with van der Waals surface area (Å²) in [5.74, 6) is 5.93. The van der Waals surface area contributed by atoms with Crippen LogP contribution < -0.4 is 15.8 Å². The van der Waals surface area contributed by atoms with Gasteiger partial charge >= 0.3 is 0 Å². The van der Waals surface area contributed by atoms with Crippen molar-refractivity contribution in [2.75, 3.05) is 19.0 Å². The maximum absolute atomic E-state index is 12.1. The second-order valence-corrected chi connectivity index (χ2v) is 3.98. The largest absolute Gasteiger partial charge is 0.495 e. The Morgan fingerprint density at radius 2 is 2.33 bits per heavy atom. The van der Waals surface area contributed by atoms with Gasteiger partial charge < -0.3 is 10.5 Å². The number of tetrazole rings is 1. The molecule has 21 heavy (non-hydrogen) atoms. The van der Waals surface area contributed by atoms with Crippen molar-refractivity contribution in [1.29, 1.82) is 0 Å². The van der Waals surface area contributed by atoms with Crippen molar-refractivity contribution in [2.45, 2.75) is 0 Å². The molecule has 0 bridgehead atoms. The molecule has 0 fully saturated rings. The lowest BCUT2D eigenvalue weighted by atomic mass is 10.1. The highest BCUT2D eigenvalue weighted by Crippen LogP contribution is 2.19. The maximum atomic E-state index is 12.1. The monoisotopic (exact) mass is 286 g/mol. The number of hydrogen-bond donors (Lipinski definition) is 2. The predicted octanol–water partition coefficient (Wildman–Crippen LogP) is -0.219. The molecule has 0 aliphatic carbocycles. The van der Waals surface area contributed by atoms with Crippen LogP contribution in [0.1, 0.15) is 15.9 Å². The number of amides is 1. The minimum Gasteiger partial charge on any atom is -0.495 e. The van der Waals surface area contributed by atoms with Gasteiger partial charge in [0.05, 0.1) is 26.3 Å². The van der Waals surface area contributed by atoms with Crippen molar-refractivity contribution in [2.24, 2.45) is 12.8 Å². The van der Waals surface area contributed by atoms with E-state index in [9.17, 15) is 4.79 Å². The third-order valence-electron chi connectivity index (χ3n) is 2.52. The van der Waals surface area contributed by atoms with Crippen LogP contribution in [-0.2, 0) is 7.05 Å². The molecule has 0 saturated carbocycles. The first-order valence-corrected chi connectivity index (χ1v) is 6.06. The van der Waals surface area contributed by atoms with Gasteiger partial charge in [-0.3, -0.25) is 10.1 Å². The number of rotatable bonds is 3. The zero-order valence-corrected chi connectivity index (χ0v) is 11.6. The summed E-state index contributed by atoms with van der Waals surface area (Å²) in [4.78, 5) is 13.4. The Morgan fingerprint density at radius 1 is 1.52 bits per heavy atom. The summed E-state index contributed by atoms with van der Waals surface area (Å²) >= 11 is 0. The van der Waals surface area contributed by atoms with Crippen LogP contribution in [0.25, 0.3) is 0 Å². The Bertz CT molecular complexity index is 713. The van der Waals surface area contributed by atoms with Gasteiger partial charge in [0.2, 0.25) is 0 Å². The standard InChI is InChI=1S/C13H14N6O2/c1-19-17-13(16-18-19)15-12(20)10-5-6-11(21-2)9(8-10)4-3-7-14/h5-6,8H,7,14H2,1-2H3,(H,15,17,20). The van der Waals surface area contributed by atoms with E-state index in [0.717, 1.165) is 0 Å². The average molecular weight is 286 g/mol. The number of benzene rings is 1. The average Bonchev–Trinajstić information content (AvgIpc) is 2.89. The van der Waals surface area contributed by atoms with Crippen LogP contribution in [0.4, 0.5) is 5.95 Å². The number of ether oxygens (including phenoxy) is 1. The van der Waals surface area contributed by atoms with Crippen LogP contribution >= 0.6 is 0 Å². The highest BCUT2D eigenvalue weighted by Gasteiger charge is 2.11. The zero-order chi connectivity index (χ0) is 15.2. The second-order valence-electron chi connectivity index (χ2n) is 3.98. The smallest absolute Gasteiger partial charge is 0.270 e. The first-order chi connectivity index (χ1) is 10.1. The molecule has 1 amide bonds. The van der Waals surface area contributed by atoms with Crippen LogP contribution in [0, 0.1) is 11.8 Å². The quantitative estimate of drug-likeness (QED) is 0.755. The predicted molar refractivity (Wildman–Crippen MR) is 75.7 cm³/mol. The number of carbonyl (C=O) groups is 1. The van der Waals surface area contributed by atoms with E-state index in [1.54, 1.807) is 25.2 Å². The molecule has 0 spiro atoms. The Labute approximate surface area is 121 Å². The fourth-order valence-electron chi connectivity index (χ4n) is 1.60. The van der Waals surface area contributed by atoms with E-state index in [4.69, 9.17) is 10.5 Å². The molecule has 3 N–H and O–H groups in total. The van der Waals surface area contributed by atoms with E-state index in [0.29, 0.717) is 16.9 Å². The fraction of sp³-hybridized carbons (Fsp3) is 0.231. The topological polar surface area (TPSA) is 108 Å². The maximum Gasteiger partial charge on any atom is 0.270 e. The van der Waals surface area contributed by atoms with Gasteiger partial charge in [-0.15, -0.1) is 5.10 Å². The molecule has 1 aromatic heterocycles. The minimum atomic E-state index is -0.360. The van der Waals surface area contributed by atoms with Gasteiger partial charge in [-0.2, -0.15) is 4.80 Å². The number of methoxy groups -OCH3 is 1. The summed E-state index contributed by atoms with van der Waals surface area (Å²) in [5.41, 5.74) is 6.34. The van der Waals surface area contributed by atoms with Gasteiger partial charge in [-0.25, -0.2) is 0 Å². The number of nitrogens with two attached hydrogens (primary N) is 1. The number of nitrogens with one attached hydrogen (secondary N) is 1. The highest BCUT2D eigenvalue weighted by atomic mass is 16.5. The lowest BCUT2D eigenvalue weighted by molar-refractivity contribution is 0.102. The van der Waals surface area contributed by atoms with E-state index >= 15 is 0 Å². The summed E-state index contributed by atoms with van der Waals surface area (Å²) < 4.78 is 5.19. The molecule has 1 heterocycles. The molecule has 1 aromatic carbocycles. The number of hydrogen-bond acceptors (Lipinski definition) is 6. The van der Waals surface area contributed by atoms with Crippen molar-refractivity contribution in [3.63, 3.8) is 0 Å². The normalized spacial score (nSPS) is 9.67. The molecule has 0 saturated heterocycles. The molecule has 0 aliphatic heterocycles. The Hall–Kier alpha value is -2.92. The van der Waals surface area contributed by atoms with Crippen LogP contribution in [0.2, 0.25) is 0 Å². The van der Waals surface area contributed by atoms with Gasteiger partial charge in [0.1, 0.15) is 5.75 Å². The number of carbonyl (C=O) groups excluding carboxylic acids is 1. The molecule has 0 atom stereocenters.